The Bertz CT molecular complexity index is 603. The molecule has 0 atom stereocenters. The summed E-state index contributed by atoms with van der Waals surface area (Å²) in [6, 6.07) is 5.32. The Balaban J connectivity index is 2.19. The van der Waals surface area contributed by atoms with Crippen molar-refractivity contribution in [2.75, 3.05) is 12.4 Å². The molecular weight excluding hydrogens is 284 g/mol. The van der Waals surface area contributed by atoms with Crippen LogP contribution in [0.1, 0.15) is 5.69 Å². The number of methoxy groups -OCH3 is 1. The van der Waals surface area contributed by atoms with E-state index in [-0.39, 0.29) is 4.99 Å². The van der Waals surface area contributed by atoms with E-state index < -0.39 is 0 Å². The van der Waals surface area contributed by atoms with Crippen LogP contribution >= 0.6 is 23.8 Å². The number of ether oxygens (including phenoxy) is 1. The monoisotopic (exact) mass is 294 g/mol. The van der Waals surface area contributed by atoms with Crippen molar-refractivity contribution in [1.29, 1.82) is 0 Å². The quantitative estimate of drug-likeness (QED) is 0.844. The molecule has 2 rings (SSSR count). The summed E-state index contributed by atoms with van der Waals surface area (Å²) in [7, 11) is 1.56. The molecule has 0 saturated heterocycles. The number of anilines is 2. The molecule has 1 aromatic carbocycles. The molecule has 0 fully saturated rings. The van der Waals surface area contributed by atoms with E-state index in [2.05, 4.69) is 15.3 Å². The van der Waals surface area contributed by atoms with Crippen molar-refractivity contribution in [3.8, 4) is 5.75 Å². The fourth-order valence-electron chi connectivity index (χ4n) is 1.41. The molecule has 0 unspecified atom stereocenters. The van der Waals surface area contributed by atoms with Crippen molar-refractivity contribution in [2.45, 2.75) is 0 Å². The maximum absolute atomic E-state index is 5.95. The van der Waals surface area contributed by atoms with Crippen LogP contribution in [0, 0.1) is 0 Å². The van der Waals surface area contributed by atoms with E-state index in [1.54, 1.807) is 25.4 Å². The van der Waals surface area contributed by atoms with Crippen LogP contribution in [0.15, 0.2) is 30.6 Å². The molecule has 5 nitrogen and oxygen atoms in total. The van der Waals surface area contributed by atoms with Crippen LogP contribution in [0.25, 0.3) is 0 Å². The minimum atomic E-state index is 0.215. The Morgan fingerprint density at radius 3 is 2.74 bits per heavy atom. The van der Waals surface area contributed by atoms with E-state index in [1.165, 1.54) is 6.20 Å². The maximum Gasteiger partial charge on any atom is 0.148 e. The van der Waals surface area contributed by atoms with E-state index in [0.717, 1.165) is 5.69 Å². The number of halogens is 1. The summed E-state index contributed by atoms with van der Waals surface area (Å²) in [6.45, 7) is 0. The number of hydrogen-bond acceptors (Lipinski definition) is 5. The lowest BCUT2D eigenvalue weighted by atomic mass is 10.3. The Morgan fingerprint density at radius 1 is 1.37 bits per heavy atom. The third kappa shape index (κ3) is 3.30. The zero-order valence-electron chi connectivity index (χ0n) is 10.1. The van der Waals surface area contributed by atoms with Crippen molar-refractivity contribution in [1.82, 2.24) is 9.97 Å². The molecule has 0 spiro atoms. The van der Waals surface area contributed by atoms with Gasteiger partial charge in [-0.1, -0.05) is 23.8 Å². The molecule has 0 saturated carbocycles. The molecule has 1 aromatic heterocycles. The molecule has 7 heteroatoms. The van der Waals surface area contributed by atoms with Gasteiger partial charge in [-0.05, 0) is 12.1 Å². The predicted molar refractivity (Wildman–Crippen MR) is 79.2 cm³/mol. The number of nitrogens with one attached hydrogen (secondary N) is 1. The third-order valence-electron chi connectivity index (χ3n) is 2.33. The van der Waals surface area contributed by atoms with E-state index in [4.69, 9.17) is 34.3 Å². The second-order valence-corrected chi connectivity index (χ2v) is 4.47. The van der Waals surface area contributed by atoms with Crippen LogP contribution in [0.2, 0.25) is 5.02 Å². The van der Waals surface area contributed by atoms with Gasteiger partial charge < -0.3 is 15.8 Å². The average molecular weight is 295 g/mol. The second kappa shape index (κ2) is 5.81. The Labute approximate surface area is 120 Å². The smallest absolute Gasteiger partial charge is 0.148 e. The molecule has 0 amide bonds. The van der Waals surface area contributed by atoms with Gasteiger partial charge in [-0.3, -0.25) is 0 Å². The number of hydrogen-bond donors (Lipinski definition) is 2. The first-order valence-corrected chi connectivity index (χ1v) is 6.11. The molecule has 0 bridgehead atoms. The summed E-state index contributed by atoms with van der Waals surface area (Å²) in [4.78, 5) is 8.46. The first kappa shape index (κ1) is 13.5. The van der Waals surface area contributed by atoms with Crippen molar-refractivity contribution in [3.63, 3.8) is 0 Å². The molecule has 0 radical (unpaired) electrons. The highest BCUT2D eigenvalue weighted by atomic mass is 35.5. The van der Waals surface area contributed by atoms with Crippen molar-refractivity contribution in [2.24, 2.45) is 5.73 Å². The molecule has 3 N–H and O–H groups in total. The highest BCUT2D eigenvalue weighted by Gasteiger charge is 2.04. The fraction of sp³-hybridized carbons (Fsp3) is 0.0833. The minimum Gasteiger partial charge on any atom is -0.495 e. The lowest BCUT2D eigenvalue weighted by Gasteiger charge is -2.08. The lowest BCUT2D eigenvalue weighted by Crippen LogP contribution is -2.12. The van der Waals surface area contributed by atoms with Crippen LogP contribution < -0.4 is 15.8 Å². The van der Waals surface area contributed by atoms with E-state index in [1.807, 2.05) is 6.07 Å². The summed E-state index contributed by atoms with van der Waals surface area (Å²) < 4.78 is 5.13. The first-order chi connectivity index (χ1) is 9.10. The summed E-state index contributed by atoms with van der Waals surface area (Å²) >= 11 is 10.8. The molecular formula is C12H11ClN4OS. The second-order valence-electron chi connectivity index (χ2n) is 3.63. The third-order valence-corrected chi connectivity index (χ3v) is 2.85. The van der Waals surface area contributed by atoms with Crippen molar-refractivity contribution >= 4 is 40.3 Å². The van der Waals surface area contributed by atoms with Crippen molar-refractivity contribution < 1.29 is 4.74 Å². The first-order valence-electron chi connectivity index (χ1n) is 5.32. The highest BCUT2D eigenvalue weighted by molar-refractivity contribution is 7.80. The number of thiocarbonyl (C=S) groups is 1. The van der Waals surface area contributed by atoms with Crippen LogP contribution in [0.5, 0.6) is 5.75 Å². The van der Waals surface area contributed by atoms with Crippen LogP contribution in [-0.2, 0) is 0 Å². The molecule has 0 aliphatic rings. The minimum absolute atomic E-state index is 0.215. The predicted octanol–water partition coefficient (Wildman–Crippen LogP) is 2.52. The van der Waals surface area contributed by atoms with Crippen LogP contribution in [0.3, 0.4) is 0 Å². The van der Waals surface area contributed by atoms with E-state index >= 15 is 0 Å². The Morgan fingerprint density at radius 2 is 2.16 bits per heavy atom. The normalized spacial score (nSPS) is 10.0. The molecule has 2 aromatic rings. The van der Waals surface area contributed by atoms with Gasteiger partial charge in [-0.25, -0.2) is 9.97 Å². The number of aromatic nitrogens is 2. The number of nitrogens with two attached hydrogens (primary N) is 1. The zero-order chi connectivity index (χ0) is 13.8. The summed E-state index contributed by atoms with van der Waals surface area (Å²) in [5.74, 6) is 1.16. The Hall–Kier alpha value is -1.92. The van der Waals surface area contributed by atoms with Gasteiger partial charge in [0.05, 0.1) is 24.5 Å². The van der Waals surface area contributed by atoms with E-state index in [9.17, 15) is 0 Å². The van der Waals surface area contributed by atoms with Gasteiger partial charge >= 0.3 is 0 Å². The molecule has 0 aliphatic heterocycles. The summed E-state index contributed by atoms with van der Waals surface area (Å²) in [5, 5.41) is 3.62. The number of nitrogens with zero attached hydrogens (tertiary/aromatic N) is 2. The molecule has 98 valence electrons. The van der Waals surface area contributed by atoms with Gasteiger partial charge in [0.15, 0.2) is 0 Å². The SMILES string of the molecule is COc1cc(Nc2cnc(C(N)=S)cn2)ccc1Cl. The van der Waals surface area contributed by atoms with E-state index in [0.29, 0.717) is 22.3 Å². The van der Waals surface area contributed by atoms with Gasteiger partial charge in [0.1, 0.15) is 22.2 Å². The largest absolute Gasteiger partial charge is 0.495 e. The summed E-state index contributed by atoms with van der Waals surface area (Å²) in [5.41, 5.74) is 6.72. The number of benzene rings is 1. The maximum atomic E-state index is 5.95. The zero-order valence-corrected chi connectivity index (χ0v) is 11.6. The number of rotatable bonds is 4. The lowest BCUT2D eigenvalue weighted by molar-refractivity contribution is 0.415. The average Bonchev–Trinajstić information content (AvgIpc) is 2.41. The molecule has 19 heavy (non-hydrogen) atoms. The Kier molecular flexibility index (Phi) is 4.13. The van der Waals surface area contributed by atoms with Crippen LogP contribution in [-0.4, -0.2) is 22.1 Å². The van der Waals surface area contributed by atoms with Crippen LogP contribution in [0.4, 0.5) is 11.5 Å². The molecule has 0 aliphatic carbocycles. The summed E-state index contributed by atoms with van der Waals surface area (Å²) in [6.07, 6.45) is 3.06. The highest BCUT2D eigenvalue weighted by Crippen LogP contribution is 2.28. The standard InChI is InChI=1S/C12H11ClN4OS/c1-18-10-4-7(2-3-8(10)13)17-11-6-15-9(5-16-11)12(14)19/h2-6H,1H3,(H2,14,19)(H,16,17). The van der Waals surface area contributed by atoms with Gasteiger partial charge in [-0.15, -0.1) is 0 Å². The molecule has 1 heterocycles. The fourth-order valence-corrected chi connectivity index (χ4v) is 1.71. The topological polar surface area (TPSA) is 73.1 Å². The van der Waals surface area contributed by atoms with Gasteiger partial charge in [0.25, 0.3) is 0 Å². The van der Waals surface area contributed by atoms with Gasteiger partial charge in [-0.2, -0.15) is 0 Å². The van der Waals surface area contributed by atoms with Gasteiger partial charge in [0, 0.05) is 11.8 Å². The van der Waals surface area contributed by atoms with Crippen molar-refractivity contribution in [3.05, 3.63) is 41.3 Å². The van der Waals surface area contributed by atoms with Gasteiger partial charge in [0.2, 0.25) is 0 Å².